The molecule has 0 saturated carbocycles. The van der Waals surface area contributed by atoms with Crippen molar-refractivity contribution < 1.29 is 19.2 Å². The molecule has 0 radical (unpaired) electrons. The van der Waals surface area contributed by atoms with Crippen molar-refractivity contribution in [1.29, 1.82) is 0 Å². The lowest BCUT2D eigenvalue weighted by atomic mass is 10.1. The van der Waals surface area contributed by atoms with E-state index in [1.165, 1.54) is 22.0 Å². The van der Waals surface area contributed by atoms with E-state index in [0.29, 0.717) is 24.2 Å². The molecular weight excluding hydrogens is 296 g/mol. The minimum Gasteiger partial charge on any atom is -0.275 e. The van der Waals surface area contributed by atoms with Crippen molar-refractivity contribution >= 4 is 23.6 Å². The summed E-state index contributed by atoms with van der Waals surface area (Å²) < 4.78 is 0. The Morgan fingerprint density at radius 2 is 1.00 bits per heavy atom. The number of nitrogens with zero attached hydrogens (tertiary/aromatic N) is 2. The van der Waals surface area contributed by atoms with Gasteiger partial charge in [-0.15, -0.1) is 0 Å². The molecule has 6 heteroatoms. The van der Waals surface area contributed by atoms with E-state index in [1.54, 1.807) is 13.8 Å². The zero-order chi connectivity index (χ0) is 17.0. The molecule has 0 aromatic carbocycles. The first-order valence-corrected chi connectivity index (χ1v) is 8.00. The van der Waals surface area contributed by atoms with Crippen LogP contribution in [0.5, 0.6) is 0 Å². The Labute approximate surface area is 135 Å². The highest BCUT2D eigenvalue weighted by Gasteiger charge is 2.28. The molecule has 23 heavy (non-hydrogen) atoms. The van der Waals surface area contributed by atoms with Gasteiger partial charge in [0.2, 0.25) is 0 Å². The molecule has 2 rings (SSSR count). The monoisotopic (exact) mass is 318 g/mol. The Balaban J connectivity index is 1.56. The molecule has 0 N–H and O–H groups in total. The van der Waals surface area contributed by atoms with Crippen LogP contribution in [-0.2, 0) is 19.2 Å². The SMILES string of the molecule is CC1=CC(=O)N(CCCCCCCN2C(=O)C=C(C)C2=O)C1=O. The average molecular weight is 318 g/mol. The van der Waals surface area contributed by atoms with Crippen LogP contribution in [0.4, 0.5) is 0 Å². The van der Waals surface area contributed by atoms with Gasteiger partial charge in [0, 0.05) is 36.4 Å². The summed E-state index contributed by atoms with van der Waals surface area (Å²) in [6, 6.07) is 0. The summed E-state index contributed by atoms with van der Waals surface area (Å²) in [6.07, 6.45) is 7.09. The van der Waals surface area contributed by atoms with Gasteiger partial charge in [0.25, 0.3) is 23.6 Å². The van der Waals surface area contributed by atoms with Crippen LogP contribution in [0.2, 0.25) is 0 Å². The Hall–Kier alpha value is -2.24. The minimum absolute atomic E-state index is 0.191. The molecule has 0 aliphatic carbocycles. The van der Waals surface area contributed by atoms with Crippen LogP contribution < -0.4 is 0 Å². The average Bonchev–Trinajstić information content (AvgIpc) is 2.88. The van der Waals surface area contributed by atoms with Crippen LogP contribution in [0.15, 0.2) is 23.3 Å². The fourth-order valence-electron chi connectivity index (χ4n) is 2.77. The van der Waals surface area contributed by atoms with Gasteiger partial charge in [-0.3, -0.25) is 29.0 Å². The second kappa shape index (κ2) is 7.35. The lowest BCUT2D eigenvalue weighted by molar-refractivity contribution is -0.138. The zero-order valence-electron chi connectivity index (χ0n) is 13.6. The summed E-state index contributed by atoms with van der Waals surface area (Å²) in [6.45, 7) is 4.21. The molecule has 0 fully saturated rings. The highest BCUT2D eigenvalue weighted by atomic mass is 16.2. The Morgan fingerprint density at radius 1 is 0.652 bits per heavy atom. The number of hydrogen-bond donors (Lipinski definition) is 0. The summed E-state index contributed by atoms with van der Waals surface area (Å²) in [4.78, 5) is 49.0. The lowest BCUT2D eigenvalue weighted by Gasteiger charge is -2.15. The molecular formula is C17H22N2O4. The van der Waals surface area contributed by atoms with Crippen molar-refractivity contribution in [1.82, 2.24) is 9.80 Å². The van der Waals surface area contributed by atoms with Gasteiger partial charge in [0.05, 0.1) is 0 Å². The number of rotatable bonds is 8. The highest BCUT2D eigenvalue weighted by molar-refractivity contribution is 6.16. The lowest BCUT2D eigenvalue weighted by Crippen LogP contribution is -2.32. The largest absolute Gasteiger partial charge is 0.275 e. The number of unbranched alkanes of at least 4 members (excludes halogenated alkanes) is 4. The third kappa shape index (κ3) is 3.94. The van der Waals surface area contributed by atoms with Gasteiger partial charge in [-0.2, -0.15) is 0 Å². The normalized spacial score (nSPS) is 18.2. The van der Waals surface area contributed by atoms with Crippen LogP contribution in [0.1, 0.15) is 46.0 Å². The van der Waals surface area contributed by atoms with Gasteiger partial charge >= 0.3 is 0 Å². The van der Waals surface area contributed by atoms with E-state index < -0.39 is 0 Å². The molecule has 0 unspecified atom stereocenters. The molecule has 2 aliphatic rings. The number of carbonyl (C=O) groups is 4. The second-order valence-corrected chi connectivity index (χ2v) is 6.01. The summed E-state index contributed by atoms with van der Waals surface area (Å²) in [7, 11) is 0. The van der Waals surface area contributed by atoms with Crippen molar-refractivity contribution in [3.63, 3.8) is 0 Å². The van der Waals surface area contributed by atoms with E-state index >= 15 is 0 Å². The number of imide groups is 2. The summed E-state index contributed by atoms with van der Waals surface area (Å²) >= 11 is 0. The predicted molar refractivity (Wildman–Crippen MR) is 84.0 cm³/mol. The zero-order valence-corrected chi connectivity index (χ0v) is 13.6. The third-order valence-electron chi connectivity index (χ3n) is 4.14. The molecule has 6 nitrogen and oxygen atoms in total. The minimum atomic E-state index is -0.221. The molecule has 0 aromatic rings. The van der Waals surface area contributed by atoms with E-state index in [-0.39, 0.29) is 23.6 Å². The molecule has 124 valence electrons. The van der Waals surface area contributed by atoms with Gasteiger partial charge in [0.1, 0.15) is 0 Å². The molecule has 0 spiro atoms. The molecule has 2 heterocycles. The standard InChI is InChI=1S/C17H22N2O4/c1-12-10-14(20)18(16(12)22)8-6-4-3-5-7-9-19-15(21)11-13(2)17(19)23/h10-11H,3-9H2,1-2H3. The maximum Gasteiger partial charge on any atom is 0.256 e. The van der Waals surface area contributed by atoms with Gasteiger partial charge in [-0.1, -0.05) is 19.3 Å². The third-order valence-corrected chi connectivity index (χ3v) is 4.14. The van der Waals surface area contributed by atoms with E-state index in [9.17, 15) is 19.2 Å². The van der Waals surface area contributed by atoms with E-state index in [4.69, 9.17) is 0 Å². The van der Waals surface area contributed by atoms with Crippen LogP contribution in [0.25, 0.3) is 0 Å². The van der Waals surface area contributed by atoms with E-state index in [1.807, 2.05) is 0 Å². The van der Waals surface area contributed by atoms with Gasteiger partial charge in [-0.05, 0) is 26.7 Å². The Morgan fingerprint density at radius 3 is 1.30 bits per heavy atom. The van der Waals surface area contributed by atoms with Crippen molar-refractivity contribution in [2.24, 2.45) is 0 Å². The maximum absolute atomic E-state index is 11.7. The molecule has 0 saturated heterocycles. The summed E-state index contributed by atoms with van der Waals surface area (Å²) in [5, 5.41) is 0. The molecule has 0 atom stereocenters. The summed E-state index contributed by atoms with van der Waals surface area (Å²) in [5.74, 6) is -0.823. The van der Waals surface area contributed by atoms with Gasteiger partial charge in [-0.25, -0.2) is 0 Å². The van der Waals surface area contributed by atoms with Crippen molar-refractivity contribution in [2.75, 3.05) is 13.1 Å². The first-order valence-electron chi connectivity index (χ1n) is 8.00. The Kier molecular flexibility index (Phi) is 5.47. The second-order valence-electron chi connectivity index (χ2n) is 6.01. The van der Waals surface area contributed by atoms with Crippen LogP contribution in [-0.4, -0.2) is 46.5 Å². The van der Waals surface area contributed by atoms with Gasteiger partial charge in [0.15, 0.2) is 0 Å². The molecule has 0 aromatic heterocycles. The predicted octanol–water partition coefficient (Wildman–Crippen LogP) is 1.57. The molecule has 4 amide bonds. The Bertz CT molecular complexity index is 552. The highest BCUT2D eigenvalue weighted by Crippen LogP contribution is 2.15. The van der Waals surface area contributed by atoms with Crippen molar-refractivity contribution in [2.45, 2.75) is 46.0 Å². The van der Waals surface area contributed by atoms with Crippen LogP contribution in [0, 0.1) is 0 Å². The van der Waals surface area contributed by atoms with Crippen LogP contribution in [0.3, 0.4) is 0 Å². The first-order chi connectivity index (χ1) is 10.9. The van der Waals surface area contributed by atoms with Crippen molar-refractivity contribution in [3.05, 3.63) is 23.3 Å². The number of amides is 4. The molecule has 0 bridgehead atoms. The van der Waals surface area contributed by atoms with Crippen molar-refractivity contribution in [3.8, 4) is 0 Å². The number of carbonyl (C=O) groups excluding carboxylic acids is 4. The van der Waals surface area contributed by atoms with Gasteiger partial charge < -0.3 is 0 Å². The first kappa shape index (κ1) is 17.1. The van der Waals surface area contributed by atoms with Crippen LogP contribution >= 0.6 is 0 Å². The van der Waals surface area contributed by atoms with E-state index in [0.717, 1.165) is 32.1 Å². The maximum atomic E-state index is 11.7. The van der Waals surface area contributed by atoms with E-state index in [2.05, 4.69) is 0 Å². The smallest absolute Gasteiger partial charge is 0.256 e. The quantitative estimate of drug-likeness (QED) is 0.503. The fourth-order valence-corrected chi connectivity index (χ4v) is 2.77. The number of hydrogen-bond acceptors (Lipinski definition) is 4. The molecule has 2 aliphatic heterocycles. The topological polar surface area (TPSA) is 74.8 Å². The summed E-state index contributed by atoms with van der Waals surface area (Å²) in [5.41, 5.74) is 0.998. The fraction of sp³-hybridized carbons (Fsp3) is 0.529.